The van der Waals surface area contributed by atoms with Gasteiger partial charge in [-0.2, -0.15) is 18.3 Å². The number of hydrogen-bond donors (Lipinski definition) is 1. The fourth-order valence-electron chi connectivity index (χ4n) is 3.18. The number of carbonyl (C=O) groups excluding carboxylic acids is 1. The number of aromatic nitrogens is 4. The van der Waals surface area contributed by atoms with Crippen LogP contribution in [0.4, 0.5) is 19.1 Å². The summed E-state index contributed by atoms with van der Waals surface area (Å²) in [6.45, 7) is 4.01. The number of alkyl halides is 3. The Morgan fingerprint density at radius 1 is 1.21 bits per heavy atom. The first kappa shape index (κ1) is 25.9. The molecule has 0 radical (unpaired) electrons. The van der Waals surface area contributed by atoms with Crippen molar-refractivity contribution in [1.29, 1.82) is 0 Å². The van der Waals surface area contributed by atoms with Gasteiger partial charge in [-0.1, -0.05) is 6.92 Å². The summed E-state index contributed by atoms with van der Waals surface area (Å²) in [5.41, 5.74) is -1.30. The first-order valence-corrected chi connectivity index (χ1v) is 11.4. The largest absolute Gasteiger partial charge is 0.485 e. The topological polar surface area (TPSA) is 114 Å². The zero-order valence-corrected chi connectivity index (χ0v) is 19.9. The normalized spacial score (nSPS) is 15.3. The summed E-state index contributed by atoms with van der Waals surface area (Å²) in [6.07, 6.45) is -1.07. The summed E-state index contributed by atoms with van der Waals surface area (Å²) in [4.78, 5) is 35.1. The fraction of sp³-hybridized carbons (Fsp3) is 0.550. The van der Waals surface area contributed by atoms with Crippen LogP contribution in [-0.4, -0.2) is 76.5 Å². The van der Waals surface area contributed by atoms with E-state index in [1.807, 2.05) is 6.92 Å². The van der Waals surface area contributed by atoms with Gasteiger partial charge in [0.2, 0.25) is 11.9 Å². The highest BCUT2D eigenvalue weighted by Crippen LogP contribution is 2.28. The van der Waals surface area contributed by atoms with Gasteiger partial charge >= 0.3 is 6.18 Å². The van der Waals surface area contributed by atoms with Crippen molar-refractivity contribution in [1.82, 2.24) is 25.1 Å². The molecule has 2 aromatic rings. The number of hydrogen-bond acceptors (Lipinski definition) is 8. The van der Waals surface area contributed by atoms with E-state index in [9.17, 15) is 22.8 Å². The predicted octanol–water partition coefficient (Wildman–Crippen LogP) is 2.25. The summed E-state index contributed by atoms with van der Waals surface area (Å²) >= 11 is 3.16. The molecule has 1 atom stereocenters. The molecule has 1 aliphatic rings. The van der Waals surface area contributed by atoms with Crippen molar-refractivity contribution >= 4 is 27.8 Å². The molecule has 186 valence electrons. The molecular weight excluding hydrogens is 525 g/mol. The van der Waals surface area contributed by atoms with Crippen LogP contribution in [0.2, 0.25) is 0 Å². The average Bonchev–Trinajstić information content (AvgIpc) is 2.83. The maximum absolute atomic E-state index is 12.7. The third-order valence-electron chi connectivity index (χ3n) is 5.16. The third kappa shape index (κ3) is 6.88. The molecule has 14 heteroatoms. The van der Waals surface area contributed by atoms with Crippen LogP contribution in [0.15, 0.2) is 27.9 Å². The van der Waals surface area contributed by atoms with E-state index in [0.29, 0.717) is 38.3 Å². The molecular formula is C20H24BrF3N6O4. The molecule has 0 saturated carbocycles. The highest BCUT2D eigenvalue weighted by Gasteiger charge is 2.32. The second-order valence-corrected chi connectivity index (χ2v) is 8.28. The number of H-pyrrole nitrogens is 1. The number of ether oxygens (including phenoxy) is 2. The van der Waals surface area contributed by atoms with Gasteiger partial charge in [-0.25, -0.2) is 15.1 Å². The molecule has 34 heavy (non-hydrogen) atoms. The Morgan fingerprint density at radius 3 is 2.50 bits per heavy atom. The van der Waals surface area contributed by atoms with E-state index in [2.05, 4.69) is 36.1 Å². The van der Waals surface area contributed by atoms with E-state index in [1.54, 1.807) is 9.80 Å². The van der Waals surface area contributed by atoms with Gasteiger partial charge in [-0.3, -0.25) is 9.59 Å². The molecule has 0 bridgehead atoms. The molecule has 3 heterocycles. The van der Waals surface area contributed by atoms with Gasteiger partial charge < -0.3 is 19.3 Å². The number of anilines is 1. The maximum atomic E-state index is 12.7. The Bertz CT molecular complexity index is 1010. The smallest absolute Gasteiger partial charge is 0.419 e. The minimum Gasteiger partial charge on any atom is -0.485 e. The molecule has 10 nitrogen and oxygen atoms in total. The van der Waals surface area contributed by atoms with Gasteiger partial charge in [0, 0.05) is 38.6 Å². The summed E-state index contributed by atoms with van der Waals surface area (Å²) in [5, 5.41) is 5.99. The zero-order valence-electron chi connectivity index (χ0n) is 18.3. The van der Waals surface area contributed by atoms with Crippen molar-refractivity contribution in [3.05, 3.63) is 39.0 Å². The average molecular weight is 549 g/mol. The number of aromatic amines is 1. The number of nitrogens with zero attached hydrogens (tertiary/aromatic N) is 5. The Balaban J connectivity index is 1.39. The molecule has 0 spiro atoms. The summed E-state index contributed by atoms with van der Waals surface area (Å²) in [6, 6.07) is 0. The Morgan fingerprint density at radius 2 is 1.88 bits per heavy atom. The highest BCUT2D eigenvalue weighted by molar-refractivity contribution is 9.10. The second-order valence-electron chi connectivity index (χ2n) is 7.49. The molecule has 3 rings (SSSR count). The van der Waals surface area contributed by atoms with E-state index in [1.165, 1.54) is 6.20 Å². The van der Waals surface area contributed by atoms with Crippen molar-refractivity contribution in [2.24, 2.45) is 0 Å². The fourth-order valence-corrected chi connectivity index (χ4v) is 3.47. The first-order chi connectivity index (χ1) is 16.2. The Hall–Kier alpha value is -2.74. The molecule has 1 N–H and O–H groups in total. The lowest BCUT2D eigenvalue weighted by Gasteiger charge is -2.34. The van der Waals surface area contributed by atoms with Gasteiger partial charge in [-0.15, -0.1) is 0 Å². The molecule has 1 aliphatic heterocycles. The summed E-state index contributed by atoms with van der Waals surface area (Å²) < 4.78 is 49.6. The Kier molecular flexibility index (Phi) is 8.83. The highest BCUT2D eigenvalue weighted by atomic mass is 79.9. The van der Waals surface area contributed by atoms with Gasteiger partial charge in [-0.05, 0) is 22.4 Å². The molecule has 0 aliphatic carbocycles. The number of nitrogens with one attached hydrogen (secondary N) is 1. The van der Waals surface area contributed by atoms with Gasteiger partial charge in [0.05, 0.1) is 31.4 Å². The van der Waals surface area contributed by atoms with Gasteiger partial charge in [0.1, 0.15) is 10.6 Å². The van der Waals surface area contributed by atoms with Crippen LogP contribution >= 0.6 is 15.9 Å². The third-order valence-corrected chi connectivity index (χ3v) is 5.91. The quantitative estimate of drug-likeness (QED) is 0.474. The number of piperazine rings is 1. The van der Waals surface area contributed by atoms with Gasteiger partial charge in [0.15, 0.2) is 5.75 Å². The van der Waals surface area contributed by atoms with E-state index < -0.39 is 17.3 Å². The lowest BCUT2D eigenvalue weighted by Crippen LogP contribution is -2.49. The van der Waals surface area contributed by atoms with Crippen molar-refractivity contribution in [2.45, 2.75) is 32.0 Å². The molecule has 2 aromatic heterocycles. The standard InChI is InChI=1S/C20H24BrF3N6O4/c1-2-14(34-15-11-27-28-18(32)17(15)21)12-33-8-3-16(31)29-4-6-30(7-5-29)19-25-9-13(10-26-19)20(22,23)24/h9-11,14H,2-8,12H2,1H3,(H,28,32)/t14-/m0/s1. The maximum Gasteiger partial charge on any atom is 0.419 e. The van der Waals surface area contributed by atoms with Crippen molar-refractivity contribution in [2.75, 3.05) is 44.3 Å². The van der Waals surface area contributed by atoms with Crippen LogP contribution in [0.25, 0.3) is 0 Å². The van der Waals surface area contributed by atoms with Gasteiger partial charge in [0.25, 0.3) is 5.56 Å². The molecule has 1 saturated heterocycles. The van der Waals surface area contributed by atoms with E-state index in [4.69, 9.17) is 9.47 Å². The number of amides is 1. The molecule has 0 unspecified atom stereocenters. The number of carbonyl (C=O) groups is 1. The predicted molar refractivity (Wildman–Crippen MR) is 119 cm³/mol. The van der Waals surface area contributed by atoms with Crippen LogP contribution in [0.5, 0.6) is 5.75 Å². The minimum atomic E-state index is -4.48. The first-order valence-electron chi connectivity index (χ1n) is 10.6. The zero-order chi connectivity index (χ0) is 24.7. The van der Waals surface area contributed by atoms with E-state index in [-0.39, 0.29) is 42.1 Å². The van der Waals surface area contributed by atoms with Crippen molar-refractivity contribution in [3.63, 3.8) is 0 Å². The van der Waals surface area contributed by atoms with Crippen LogP contribution in [0.1, 0.15) is 25.3 Å². The van der Waals surface area contributed by atoms with Crippen LogP contribution in [0, 0.1) is 0 Å². The lowest BCUT2D eigenvalue weighted by molar-refractivity contribution is -0.138. The summed E-state index contributed by atoms with van der Waals surface area (Å²) in [7, 11) is 0. The molecule has 1 fully saturated rings. The minimum absolute atomic E-state index is 0.0801. The van der Waals surface area contributed by atoms with E-state index >= 15 is 0 Å². The monoisotopic (exact) mass is 548 g/mol. The Labute approximate surface area is 201 Å². The number of rotatable bonds is 9. The second kappa shape index (κ2) is 11.6. The SMILES string of the molecule is CC[C@@H](COCCC(=O)N1CCN(c2ncc(C(F)(F)F)cn2)CC1)Oc1cn[nH]c(=O)c1Br. The van der Waals surface area contributed by atoms with Crippen LogP contribution in [0.3, 0.4) is 0 Å². The van der Waals surface area contributed by atoms with E-state index in [0.717, 1.165) is 12.4 Å². The van der Waals surface area contributed by atoms with Crippen molar-refractivity contribution < 1.29 is 27.4 Å². The number of halogens is 4. The molecule has 1 amide bonds. The summed E-state index contributed by atoms with van der Waals surface area (Å²) in [5.74, 6) is 0.435. The van der Waals surface area contributed by atoms with Crippen molar-refractivity contribution in [3.8, 4) is 5.75 Å². The molecule has 0 aromatic carbocycles. The van der Waals surface area contributed by atoms with Crippen LogP contribution < -0.4 is 15.2 Å². The lowest BCUT2D eigenvalue weighted by atomic mass is 10.2. The van der Waals surface area contributed by atoms with Crippen LogP contribution in [-0.2, 0) is 15.7 Å².